The van der Waals surface area contributed by atoms with E-state index in [0.29, 0.717) is 12.8 Å². The lowest BCUT2D eigenvalue weighted by Crippen LogP contribution is -2.61. The fraction of sp³-hybridized carbons (Fsp3) is 0.771. The summed E-state index contributed by atoms with van der Waals surface area (Å²) in [6.07, 6.45) is 64.8. The second kappa shape index (κ2) is 57.3. The predicted molar refractivity (Wildman–Crippen MR) is 338 cm³/mol. The number of aliphatic hydroxyl groups is 5. The van der Waals surface area contributed by atoms with Gasteiger partial charge in [0, 0.05) is 6.42 Å². The van der Waals surface area contributed by atoms with E-state index in [4.69, 9.17) is 14.2 Å². The molecule has 0 aliphatic carbocycles. The highest BCUT2D eigenvalue weighted by atomic mass is 16.7. The summed E-state index contributed by atoms with van der Waals surface area (Å²) < 4.78 is 17.6. The summed E-state index contributed by atoms with van der Waals surface area (Å²) in [7, 11) is 0. The van der Waals surface area contributed by atoms with Gasteiger partial charge in [-0.25, -0.2) is 0 Å². The number of nitrogens with one attached hydrogen (secondary N) is 1. The highest BCUT2D eigenvalue weighted by Gasteiger charge is 2.47. The molecule has 1 fully saturated rings. The van der Waals surface area contributed by atoms with Gasteiger partial charge in [0.2, 0.25) is 5.91 Å². The van der Waals surface area contributed by atoms with Crippen LogP contribution in [0.25, 0.3) is 0 Å². The third kappa shape index (κ3) is 45.0. The monoisotopic (exact) mass is 1140 g/mol. The molecular weight excluding hydrogens is 1010 g/mol. The Labute approximate surface area is 495 Å². The van der Waals surface area contributed by atoms with E-state index >= 15 is 0 Å². The first kappa shape index (κ1) is 75.9. The molecule has 1 heterocycles. The molecule has 11 heteroatoms. The first-order valence-electron chi connectivity index (χ1n) is 33.4. The van der Waals surface area contributed by atoms with Crippen LogP contribution in [0.5, 0.6) is 0 Å². The lowest BCUT2D eigenvalue weighted by molar-refractivity contribution is -0.305. The molecule has 8 atom stereocenters. The molecule has 11 nitrogen and oxygen atoms in total. The van der Waals surface area contributed by atoms with Gasteiger partial charge in [0.05, 0.1) is 25.4 Å². The largest absolute Gasteiger partial charge is 0.454 e. The number of ether oxygens (including phenoxy) is 3. The number of unbranched alkanes of at least 4 members (excludes halogenated alkanes) is 30. The van der Waals surface area contributed by atoms with E-state index in [2.05, 4.69) is 99.0 Å². The van der Waals surface area contributed by atoms with Crippen LogP contribution in [0.1, 0.15) is 284 Å². The number of hydrogen-bond donors (Lipinski definition) is 6. The van der Waals surface area contributed by atoms with Crippen molar-refractivity contribution in [2.24, 2.45) is 0 Å². The first-order chi connectivity index (χ1) is 39.7. The van der Waals surface area contributed by atoms with Gasteiger partial charge in [-0.1, -0.05) is 260 Å². The summed E-state index contributed by atoms with van der Waals surface area (Å²) in [4.78, 5) is 26.6. The van der Waals surface area contributed by atoms with E-state index in [-0.39, 0.29) is 19.4 Å². The van der Waals surface area contributed by atoms with Gasteiger partial charge < -0.3 is 45.1 Å². The fourth-order valence-electron chi connectivity index (χ4n) is 9.96. The van der Waals surface area contributed by atoms with Crippen LogP contribution >= 0.6 is 0 Å². The number of hydrogen-bond acceptors (Lipinski definition) is 10. The molecule has 0 bridgehead atoms. The molecule has 0 aromatic rings. The van der Waals surface area contributed by atoms with Gasteiger partial charge in [-0.2, -0.15) is 0 Å². The summed E-state index contributed by atoms with van der Waals surface area (Å²) in [5, 5.41) is 57.0. The molecule has 0 saturated carbocycles. The van der Waals surface area contributed by atoms with E-state index < -0.39 is 67.4 Å². The predicted octanol–water partition coefficient (Wildman–Crippen LogP) is 16.5. The quantitative estimate of drug-likeness (QED) is 0.0195. The first-order valence-corrected chi connectivity index (χ1v) is 33.4. The van der Waals surface area contributed by atoms with Crippen molar-refractivity contribution in [3.8, 4) is 0 Å². The summed E-state index contributed by atoms with van der Waals surface area (Å²) >= 11 is 0. The van der Waals surface area contributed by atoms with Crippen LogP contribution in [-0.2, 0) is 23.8 Å². The number of aliphatic hydroxyl groups excluding tert-OH is 5. The number of allylic oxidation sites excluding steroid dienone is 13. The van der Waals surface area contributed by atoms with E-state index in [9.17, 15) is 35.1 Å². The van der Waals surface area contributed by atoms with Gasteiger partial charge in [-0.3, -0.25) is 9.59 Å². The minimum Gasteiger partial charge on any atom is -0.454 e. The Kier molecular flexibility index (Phi) is 53.6. The highest BCUT2D eigenvalue weighted by Crippen LogP contribution is 2.26. The molecule has 81 heavy (non-hydrogen) atoms. The van der Waals surface area contributed by atoms with Crippen molar-refractivity contribution >= 4 is 11.9 Å². The normalized spacial score (nSPS) is 19.2. The van der Waals surface area contributed by atoms with Crippen LogP contribution in [0.3, 0.4) is 0 Å². The van der Waals surface area contributed by atoms with E-state index in [1.54, 1.807) is 6.08 Å². The smallest absolute Gasteiger partial charge is 0.306 e. The second-order valence-corrected chi connectivity index (χ2v) is 22.8. The Morgan fingerprint density at radius 2 is 0.852 bits per heavy atom. The molecule has 0 spiro atoms. The number of esters is 1. The Bertz CT molecular complexity index is 1640. The minimum absolute atomic E-state index is 0.115. The zero-order valence-electron chi connectivity index (χ0n) is 51.9. The summed E-state index contributed by atoms with van der Waals surface area (Å²) in [5.41, 5.74) is 0. The average Bonchev–Trinajstić information content (AvgIpc) is 3.52. The van der Waals surface area contributed by atoms with Crippen LogP contribution in [0.2, 0.25) is 0 Å². The van der Waals surface area contributed by atoms with Crippen LogP contribution < -0.4 is 5.32 Å². The van der Waals surface area contributed by atoms with Gasteiger partial charge in [0.15, 0.2) is 12.4 Å². The molecule has 1 aliphatic rings. The molecule has 8 unspecified atom stereocenters. The topological polar surface area (TPSA) is 175 Å². The van der Waals surface area contributed by atoms with Crippen LogP contribution in [-0.4, -0.2) is 99.6 Å². The lowest BCUT2D eigenvalue weighted by atomic mass is 9.99. The molecule has 468 valence electrons. The standard InChI is InChI=1S/C70H123NO10/c1-4-7-10-13-16-19-22-24-26-28-29-30-31-32-33-34-35-36-38-40-43-46-49-52-55-58-65(75)81-68-67(77)66(76)64(59-72)80-70(68)79-60-61(62(73)56-53-50-47-44-41-21-18-15-12-9-6-3)71-69(78)63(74)57-54-51-48-45-42-39-37-27-25-23-20-17-14-11-8-5-2/h16-17,19-20,24-27,29-30,39,42,53,56,61-64,66-68,70,72-74,76-77H,4-15,18,21-23,28,31-38,40-41,43-52,54-55,57-60H2,1-3H3,(H,71,78)/b19-16-,20-17-,26-24-,27-25-,30-29-,42-39-,56-53+. The number of rotatable bonds is 56. The molecule has 1 aliphatic heterocycles. The van der Waals surface area contributed by atoms with E-state index in [0.717, 1.165) is 96.3 Å². The van der Waals surface area contributed by atoms with Crippen LogP contribution in [0.15, 0.2) is 85.1 Å². The maximum atomic E-state index is 13.4. The van der Waals surface area contributed by atoms with Crippen molar-refractivity contribution in [1.82, 2.24) is 5.32 Å². The van der Waals surface area contributed by atoms with Crippen LogP contribution in [0, 0.1) is 0 Å². The maximum Gasteiger partial charge on any atom is 0.306 e. The summed E-state index contributed by atoms with van der Waals surface area (Å²) in [6, 6.07) is -1.04. The molecule has 0 radical (unpaired) electrons. The number of amides is 1. The Balaban J connectivity index is 2.59. The van der Waals surface area contributed by atoms with Gasteiger partial charge in [-0.05, 0) is 103 Å². The Morgan fingerprint density at radius 3 is 1.30 bits per heavy atom. The Morgan fingerprint density at radius 1 is 0.481 bits per heavy atom. The van der Waals surface area contributed by atoms with Crippen molar-refractivity contribution in [1.29, 1.82) is 0 Å². The second-order valence-electron chi connectivity index (χ2n) is 22.8. The molecular formula is C70H123NO10. The lowest BCUT2D eigenvalue weighted by Gasteiger charge is -2.41. The summed E-state index contributed by atoms with van der Waals surface area (Å²) in [6.45, 7) is 5.72. The third-order valence-corrected chi connectivity index (χ3v) is 15.3. The molecule has 1 rings (SSSR count). The maximum absolute atomic E-state index is 13.4. The van der Waals surface area contributed by atoms with E-state index in [1.165, 1.54) is 141 Å². The zero-order valence-corrected chi connectivity index (χ0v) is 51.9. The van der Waals surface area contributed by atoms with Crippen molar-refractivity contribution in [3.63, 3.8) is 0 Å². The third-order valence-electron chi connectivity index (χ3n) is 15.3. The van der Waals surface area contributed by atoms with Gasteiger partial charge >= 0.3 is 5.97 Å². The molecule has 6 N–H and O–H groups in total. The summed E-state index contributed by atoms with van der Waals surface area (Å²) in [5.74, 6) is -1.22. The number of carbonyl (C=O) groups excluding carboxylic acids is 2. The van der Waals surface area contributed by atoms with Crippen molar-refractivity contribution < 1.29 is 49.3 Å². The Hall–Kier alpha value is -3.16. The molecule has 0 aromatic heterocycles. The zero-order chi connectivity index (χ0) is 58.9. The average molecular weight is 1140 g/mol. The van der Waals surface area contributed by atoms with Crippen molar-refractivity contribution in [2.45, 2.75) is 333 Å². The molecule has 1 amide bonds. The number of carbonyl (C=O) groups is 2. The SMILES string of the molecule is CCCCC/C=C\C/C=C\C/C=C\CCCCCCCCCCCCCCC(=O)OC1C(OCC(NC(=O)C(O)CCCCC/C=C\C/C=C\C/C=C\CCCCC)C(O)/C=C/CCCCCCCCCCC)OC(CO)C(O)C1O. The molecule has 1 saturated heterocycles. The fourth-order valence-corrected chi connectivity index (χ4v) is 9.96. The molecule has 0 aromatic carbocycles. The minimum atomic E-state index is -1.62. The van der Waals surface area contributed by atoms with Gasteiger partial charge in [0.1, 0.15) is 24.4 Å². The van der Waals surface area contributed by atoms with Crippen molar-refractivity contribution in [2.75, 3.05) is 13.2 Å². The van der Waals surface area contributed by atoms with Crippen molar-refractivity contribution in [3.05, 3.63) is 85.1 Å². The van der Waals surface area contributed by atoms with E-state index in [1.807, 2.05) is 6.08 Å². The van der Waals surface area contributed by atoms with Crippen LogP contribution in [0.4, 0.5) is 0 Å². The van der Waals surface area contributed by atoms with Gasteiger partial charge in [-0.15, -0.1) is 0 Å². The highest BCUT2D eigenvalue weighted by molar-refractivity contribution is 5.80. The van der Waals surface area contributed by atoms with Gasteiger partial charge in [0.25, 0.3) is 0 Å².